The maximum atomic E-state index is 4.53. The van der Waals surface area contributed by atoms with Gasteiger partial charge in [-0.05, 0) is 37.6 Å². The first-order valence-electron chi connectivity index (χ1n) is 7.84. The van der Waals surface area contributed by atoms with Crippen LogP contribution in [-0.4, -0.2) is 16.5 Å². The fourth-order valence-electron chi connectivity index (χ4n) is 3.29. The summed E-state index contributed by atoms with van der Waals surface area (Å²) in [7, 11) is 0. The number of hydrogen-bond donors (Lipinski definition) is 1. The largest absolute Gasteiger partial charge is 0.308 e. The Morgan fingerprint density at radius 1 is 1.32 bits per heavy atom. The Balaban J connectivity index is 2.08. The third kappa shape index (κ3) is 4.00. The molecule has 0 radical (unpaired) electrons. The molecule has 1 fully saturated rings. The van der Waals surface area contributed by atoms with E-state index in [1.165, 1.54) is 38.5 Å². The van der Waals surface area contributed by atoms with Crippen LogP contribution >= 0.6 is 0 Å². The van der Waals surface area contributed by atoms with Crippen LogP contribution < -0.4 is 5.32 Å². The number of rotatable bonds is 6. The van der Waals surface area contributed by atoms with E-state index in [1.54, 1.807) is 6.20 Å². The van der Waals surface area contributed by atoms with Crippen LogP contribution in [0.2, 0.25) is 0 Å². The van der Waals surface area contributed by atoms with E-state index >= 15 is 0 Å². The zero-order chi connectivity index (χ0) is 13.5. The first-order chi connectivity index (χ1) is 9.35. The molecule has 0 bridgehead atoms. The molecule has 2 rings (SSSR count). The van der Waals surface area contributed by atoms with Crippen molar-refractivity contribution < 1.29 is 0 Å². The van der Waals surface area contributed by atoms with Crippen molar-refractivity contribution in [3.8, 4) is 0 Å². The molecular formula is C16H27N3. The standard InChI is InChI=1S/C16H27N3/c1-3-8-19-16(15-12-17-9-10-18-15)14-7-5-6-13(4-2)11-14/h9-10,12-14,16,19H,3-8,11H2,1-2H3. The molecule has 1 aliphatic rings. The first-order valence-corrected chi connectivity index (χ1v) is 7.84. The van der Waals surface area contributed by atoms with Crippen LogP contribution in [0.15, 0.2) is 18.6 Å². The van der Waals surface area contributed by atoms with Gasteiger partial charge in [-0.1, -0.05) is 33.1 Å². The minimum absolute atomic E-state index is 0.392. The van der Waals surface area contributed by atoms with Crippen molar-refractivity contribution in [3.05, 3.63) is 24.3 Å². The smallest absolute Gasteiger partial charge is 0.0758 e. The van der Waals surface area contributed by atoms with Crippen LogP contribution in [0.25, 0.3) is 0 Å². The van der Waals surface area contributed by atoms with Crippen LogP contribution in [0.3, 0.4) is 0 Å². The van der Waals surface area contributed by atoms with E-state index in [9.17, 15) is 0 Å². The van der Waals surface area contributed by atoms with Crippen LogP contribution in [0.4, 0.5) is 0 Å². The second-order valence-corrected chi connectivity index (χ2v) is 5.76. The summed E-state index contributed by atoms with van der Waals surface area (Å²) < 4.78 is 0. The lowest BCUT2D eigenvalue weighted by atomic mass is 9.76. The zero-order valence-electron chi connectivity index (χ0n) is 12.3. The fraction of sp³-hybridized carbons (Fsp3) is 0.750. The van der Waals surface area contributed by atoms with Gasteiger partial charge in [0, 0.05) is 18.6 Å². The van der Waals surface area contributed by atoms with Gasteiger partial charge in [0.1, 0.15) is 0 Å². The van der Waals surface area contributed by atoms with E-state index in [2.05, 4.69) is 29.1 Å². The molecular weight excluding hydrogens is 234 g/mol. The third-order valence-corrected chi connectivity index (χ3v) is 4.39. The minimum atomic E-state index is 0.392. The predicted octanol–water partition coefficient (Wildman–Crippen LogP) is 3.73. The second-order valence-electron chi connectivity index (χ2n) is 5.76. The average Bonchev–Trinajstić information content (AvgIpc) is 2.49. The number of nitrogens with zero attached hydrogens (tertiary/aromatic N) is 2. The molecule has 1 heterocycles. The van der Waals surface area contributed by atoms with Gasteiger partial charge >= 0.3 is 0 Å². The molecule has 1 aromatic rings. The first kappa shape index (κ1) is 14.4. The van der Waals surface area contributed by atoms with E-state index in [0.717, 1.165) is 24.1 Å². The van der Waals surface area contributed by atoms with E-state index < -0.39 is 0 Å². The molecule has 106 valence electrons. The molecule has 0 amide bonds. The summed E-state index contributed by atoms with van der Waals surface area (Å²) in [6.07, 6.45) is 13.4. The summed E-state index contributed by atoms with van der Waals surface area (Å²) in [6, 6.07) is 0.392. The summed E-state index contributed by atoms with van der Waals surface area (Å²) in [5.41, 5.74) is 1.12. The van der Waals surface area contributed by atoms with Gasteiger partial charge in [-0.3, -0.25) is 9.97 Å². The molecule has 3 heteroatoms. The molecule has 1 N–H and O–H groups in total. The summed E-state index contributed by atoms with van der Waals surface area (Å²) in [6.45, 7) is 5.61. The zero-order valence-corrected chi connectivity index (χ0v) is 12.3. The van der Waals surface area contributed by atoms with Gasteiger partial charge in [-0.2, -0.15) is 0 Å². The molecule has 3 nitrogen and oxygen atoms in total. The van der Waals surface area contributed by atoms with Gasteiger partial charge in [0.05, 0.1) is 11.7 Å². The van der Waals surface area contributed by atoms with Gasteiger partial charge in [0.15, 0.2) is 0 Å². The van der Waals surface area contributed by atoms with Crippen LogP contribution in [0, 0.1) is 11.8 Å². The average molecular weight is 261 g/mol. The topological polar surface area (TPSA) is 37.8 Å². The molecule has 19 heavy (non-hydrogen) atoms. The van der Waals surface area contributed by atoms with Crippen molar-refractivity contribution in [2.45, 2.75) is 58.4 Å². The maximum absolute atomic E-state index is 4.53. The Morgan fingerprint density at radius 2 is 2.21 bits per heavy atom. The quantitative estimate of drug-likeness (QED) is 0.848. The van der Waals surface area contributed by atoms with Crippen LogP contribution in [0.1, 0.15) is 64.1 Å². The minimum Gasteiger partial charge on any atom is -0.308 e. The van der Waals surface area contributed by atoms with Crippen molar-refractivity contribution in [1.82, 2.24) is 15.3 Å². The van der Waals surface area contributed by atoms with Crippen molar-refractivity contribution in [2.24, 2.45) is 11.8 Å². The van der Waals surface area contributed by atoms with Gasteiger partial charge < -0.3 is 5.32 Å². The SMILES string of the molecule is CCCNC(c1cnccn1)C1CCCC(CC)C1. The highest BCUT2D eigenvalue weighted by Gasteiger charge is 2.29. The van der Waals surface area contributed by atoms with Crippen molar-refractivity contribution >= 4 is 0 Å². The third-order valence-electron chi connectivity index (χ3n) is 4.39. The number of hydrogen-bond acceptors (Lipinski definition) is 3. The highest BCUT2D eigenvalue weighted by Crippen LogP contribution is 2.37. The molecule has 0 spiro atoms. The molecule has 3 atom stereocenters. The van der Waals surface area contributed by atoms with Crippen molar-refractivity contribution in [1.29, 1.82) is 0 Å². The molecule has 0 saturated heterocycles. The highest BCUT2D eigenvalue weighted by molar-refractivity contribution is 5.05. The van der Waals surface area contributed by atoms with Crippen molar-refractivity contribution in [3.63, 3.8) is 0 Å². The lowest BCUT2D eigenvalue weighted by Gasteiger charge is -2.34. The summed E-state index contributed by atoms with van der Waals surface area (Å²) >= 11 is 0. The van der Waals surface area contributed by atoms with Gasteiger partial charge in [0.2, 0.25) is 0 Å². The lowest BCUT2D eigenvalue weighted by Crippen LogP contribution is -2.32. The lowest BCUT2D eigenvalue weighted by molar-refractivity contribution is 0.207. The molecule has 0 aromatic carbocycles. The summed E-state index contributed by atoms with van der Waals surface area (Å²) in [4.78, 5) is 8.78. The van der Waals surface area contributed by atoms with Gasteiger partial charge in [-0.25, -0.2) is 0 Å². The van der Waals surface area contributed by atoms with E-state index in [-0.39, 0.29) is 0 Å². The Morgan fingerprint density at radius 3 is 2.89 bits per heavy atom. The van der Waals surface area contributed by atoms with Gasteiger partial charge in [0.25, 0.3) is 0 Å². The van der Waals surface area contributed by atoms with Gasteiger partial charge in [-0.15, -0.1) is 0 Å². The van der Waals surface area contributed by atoms with E-state index in [0.29, 0.717) is 6.04 Å². The van der Waals surface area contributed by atoms with Crippen molar-refractivity contribution in [2.75, 3.05) is 6.54 Å². The highest BCUT2D eigenvalue weighted by atomic mass is 15.0. The maximum Gasteiger partial charge on any atom is 0.0758 e. The van der Waals surface area contributed by atoms with E-state index in [1.807, 2.05) is 12.4 Å². The molecule has 1 saturated carbocycles. The normalized spacial score (nSPS) is 25.2. The Bertz CT molecular complexity index is 352. The van der Waals surface area contributed by atoms with E-state index in [4.69, 9.17) is 0 Å². The molecule has 1 aliphatic carbocycles. The second kappa shape index (κ2) is 7.59. The van der Waals surface area contributed by atoms with Crippen LogP contribution in [-0.2, 0) is 0 Å². The Kier molecular flexibility index (Phi) is 5.77. The molecule has 1 aromatic heterocycles. The Labute approximate surface area is 117 Å². The predicted molar refractivity (Wildman–Crippen MR) is 78.8 cm³/mol. The molecule has 0 aliphatic heterocycles. The monoisotopic (exact) mass is 261 g/mol. The summed E-state index contributed by atoms with van der Waals surface area (Å²) in [5.74, 6) is 1.63. The molecule has 3 unspecified atom stereocenters. The van der Waals surface area contributed by atoms with Crippen LogP contribution in [0.5, 0.6) is 0 Å². The Hall–Kier alpha value is -0.960. The summed E-state index contributed by atoms with van der Waals surface area (Å²) in [5, 5.41) is 3.70. The number of aromatic nitrogens is 2. The fourth-order valence-corrected chi connectivity index (χ4v) is 3.29. The number of nitrogens with one attached hydrogen (secondary N) is 1.